The Bertz CT molecular complexity index is 406. The molecule has 3 heteroatoms. The molecule has 2 N–H and O–H groups in total. The Morgan fingerprint density at radius 2 is 2.05 bits per heavy atom. The summed E-state index contributed by atoms with van der Waals surface area (Å²) in [5, 5.41) is 13.3. The van der Waals surface area contributed by atoms with Crippen LogP contribution in [0, 0.1) is 13.8 Å². The van der Waals surface area contributed by atoms with Gasteiger partial charge in [0, 0.05) is 12.6 Å². The van der Waals surface area contributed by atoms with Crippen molar-refractivity contribution >= 4 is 0 Å². The highest BCUT2D eigenvalue weighted by atomic mass is 16.5. The van der Waals surface area contributed by atoms with Crippen LogP contribution in [-0.2, 0) is 0 Å². The largest absolute Gasteiger partial charge is 0.492 e. The van der Waals surface area contributed by atoms with Crippen LogP contribution in [-0.4, -0.2) is 30.4 Å². The number of ether oxygens (including phenoxy) is 1. The topological polar surface area (TPSA) is 41.5 Å². The first kappa shape index (κ1) is 14.4. The highest BCUT2D eigenvalue weighted by Gasteiger charge is 2.21. The van der Waals surface area contributed by atoms with Gasteiger partial charge in [-0.2, -0.15) is 0 Å². The van der Waals surface area contributed by atoms with Crippen LogP contribution in [0.15, 0.2) is 18.2 Å². The maximum absolute atomic E-state index is 9.86. The number of aryl methyl sites for hydroxylation is 2. The second-order valence-corrected chi connectivity index (χ2v) is 5.53. The van der Waals surface area contributed by atoms with Gasteiger partial charge in [-0.05, 0) is 38.3 Å². The fraction of sp³-hybridized carbons (Fsp3) is 0.625. The Balaban J connectivity index is 1.71. The van der Waals surface area contributed by atoms with Gasteiger partial charge >= 0.3 is 0 Å². The van der Waals surface area contributed by atoms with Gasteiger partial charge in [0.2, 0.25) is 0 Å². The van der Waals surface area contributed by atoms with Gasteiger partial charge in [0.05, 0.1) is 6.10 Å². The summed E-state index contributed by atoms with van der Waals surface area (Å²) < 4.78 is 5.77. The quantitative estimate of drug-likeness (QED) is 0.802. The predicted octanol–water partition coefficient (Wildman–Crippen LogP) is 2.58. The summed E-state index contributed by atoms with van der Waals surface area (Å²) in [5.74, 6) is 0.955. The highest BCUT2D eigenvalue weighted by molar-refractivity contribution is 5.35. The van der Waals surface area contributed by atoms with Gasteiger partial charge < -0.3 is 15.2 Å². The summed E-state index contributed by atoms with van der Waals surface area (Å²) in [7, 11) is 0. The first-order valence-electron chi connectivity index (χ1n) is 7.28. The van der Waals surface area contributed by atoms with E-state index in [-0.39, 0.29) is 12.1 Å². The van der Waals surface area contributed by atoms with E-state index >= 15 is 0 Å². The Kier molecular flexibility index (Phi) is 5.23. The first-order chi connectivity index (χ1) is 9.16. The van der Waals surface area contributed by atoms with Crippen molar-refractivity contribution < 1.29 is 9.84 Å². The van der Waals surface area contributed by atoms with Crippen LogP contribution in [0.25, 0.3) is 0 Å². The number of aliphatic hydroxyl groups is 1. The molecule has 0 aromatic heterocycles. The zero-order valence-corrected chi connectivity index (χ0v) is 12.0. The summed E-state index contributed by atoms with van der Waals surface area (Å²) in [4.78, 5) is 0. The summed E-state index contributed by atoms with van der Waals surface area (Å²) in [5.41, 5.74) is 2.44. The average molecular weight is 263 g/mol. The summed E-state index contributed by atoms with van der Waals surface area (Å²) in [6.07, 6.45) is 4.18. The molecule has 2 atom stereocenters. The number of nitrogens with one attached hydrogen (secondary N) is 1. The molecule has 0 radical (unpaired) electrons. The van der Waals surface area contributed by atoms with Gasteiger partial charge in [0.25, 0.3) is 0 Å². The Hall–Kier alpha value is -1.06. The number of rotatable bonds is 5. The van der Waals surface area contributed by atoms with Gasteiger partial charge in [-0.15, -0.1) is 0 Å². The molecule has 0 amide bonds. The molecule has 19 heavy (non-hydrogen) atoms. The summed E-state index contributed by atoms with van der Waals surface area (Å²) in [6, 6.07) is 6.48. The van der Waals surface area contributed by atoms with E-state index < -0.39 is 0 Å². The van der Waals surface area contributed by atoms with Crippen LogP contribution in [0.2, 0.25) is 0 Å². The van der Waals surface area contributed by atoms with Crippen molar-refractivity contribution in [1.29, 1.82) is 0 Å². The van der Waals surface area contributed by atoms with Crippen LogP contribution in [0.5, 0.6) is 5.75 Å². The molecule has 0 heterocycles. The SMILES string of the molecule is Cc1ccc(OCCN[C@H]2CCCC[C@@H]2O)c(C)c1. The smallest absolute Gasteiger partial charge is 0.122 e. The van der Waals surface area contributed by atoms with E-state index in [1.165, 1.54) is 17.5 Å². The van der Waals surface area contributed by atoms with E-state index in [0.717, 1.165) is 31.6 Å². The lowest BCUT2D eigenvalue weighted by Gasteiger charge is -2.28. The molecule has 1 aliphatic rings. The number of aliphatic hydroxyl groups excluding tert-OH is 1. The van der Waals surface area contributed by atoms with Crippen LogP contribution in [0.1, 0.15) is 36.8 Å². The molecule has 1 saturated carbocycles. The fourth-order valence-electron chi connectivity index (χ4n) is 2.72. The molecule has 0 unspecified atom stereocenters. The molecule has 1 aliphatic carbocycles. The second kappa shape index (κ2) is 6.92. The fourth-order valence-corrected chi connectivity index (χ4v) is 2.72. The summed E-state index contributed by atoms with van der Waals surface area (Å²) >= 11 is 0. The first-order valence-corrected chi connectivity index (χ1v) is 7.28. The molecular formula is C16H25NO2. The van der Waals surface area contributed by atoms with Gasteiger partial charge in [-0.25, -0.2) is 0 Å². The van der Waals surface area contributed by atoms with Crippen molar-refractivity contribution in [3.8, 4) is 5.75 Å². The van der Waals surface area contributed by atoms with Crippen molar-refractivity contribution in [2.45, 2.75) is 51.7 Å². The van der Waals surface area contributed by atoms with Gasteiger partial charge in [0.15, 0.2) is 0 Å². The zero-order chi connectivity index (χ0) is 13.7. The molecule has 1 fully saturated rings. The average Bonchev–Trinajstić information content (AvgIpc) is 2.38. The minimum Gasteiger partial charge on any atom is -0.492 e. The van der Waals surface area contributed by atoms with Crippen molar-refractivity contribution in [2.75, 3.05) is 13.2 Å². The van der Waals surface area contributed by atoms with E-state index in [1.807, 2.05) is 6.07 Å². The molecule has 0 bridgehead atoms. The van der Waals surface area contributed by atoms with Crippen LogP contribution in [0.4, 0.5) is 0 Å². The third kappa shape index (κ3) is 4.22. The molecule has 1 aromatic carbocycles. The number of hydrogen-bond donors (Lipinski definition) is 2. The third-order valence-electron chi connectivity index (χ3n) is 3.83. The van der Waals surface area contributed by atoms with E-state index in [4.69, 9.17) is 4.74 Å². The number of hydrogen-bond acceptors (Lipinski definition) is 3. The van der Waals surface area contributed by atoms with Gasteiger partial charge in [-0.3, -0.25) is 0 Å². The highest BCUT2D eigenvalue weighted by Crippen LogP contribution is 2.19. The lowest BCUT2D eigenvalue weighted by Crippen LogP contribution is -2.43. The Labute approximate surface area is 116 Å². The standard InChI is InChI=1S/C16H25NO2/c1-12-7-8-16(13(2)11-12)19-10-9-17-14-5-3-4-6-15(14)18/h7-8,11,14-15,17-18H,3-6,9-10H2,1-2H3/t14-,15-/m0/s1. The normalized spacial score (nSPS) is 23.3. The van der Waals surface area contributed by atoms with E-state index in [2.05, 4.69) is 31.3 Å². The molecule has 106 valence electrons. The molecule has 1 aromatic rings. The maximum Gasteiger partial charge on any atom is 0.122 e. The van der Waals surface area contributed by atoms with Gasteiger partial charge in [0.1, 0.15) is 12.4 Å². The lowest BCUT2D eigenvalue weighted by molar-refractivity contribution is 0.0890. The van der Waals surface area contributed by atoms with Crippen LogP contribution < -0.4 is 10.1 Å². The second-order valence-electron chi connectivity index (χ2n) is 5.53. The summed E-state index contributed by atoms with van der Waals surface area (Å²) in [6.45, 7) is 5.59. The third-order valence-corrected chi connectivity index (χ3v) is 3.83. The minimum absolute atomic E-state index is 0.185. The zero-order valence-electron chi connectivity index (χ0n) is 12.0. The van der Waals surface area contributed by atoms with Crippen LogP contribution >= 0.6 is 0 Å². The van der Waals surface area contributed by atoms with E-state index in [1.54, 1.807) is 0 Å². The molecular weight excluding hydrogens is 238 g/mol. The van der Waals surface area contributed by atoms with E-state index in [0.29, 0.717) is 6.61 Å². The Morgan fingerprint density at radius 1 is 1.26 bits per heavy atom. The molecule has 0 spiro atoms. The molecule has 3 nitrogen and oxygen atoms in total. The maximum atomic E-state index is 9.86. The van der Waals surface area contributed by atoms with Crippen LogP contribution in [0.3, 0.4) is 0 Å². The molecule has 2 rings (SSSR count). The monoisotopic (exact) mass is 263 g/mol. The van der Waals surface area contributed by atoms with Crippen molar-refractivity contribution in [3.63, 3.8) is 0 Å². The molecule has 0 aliphatic heterocycles. The number of benzene rings is 1. The van der Waals surface area contributed by atoms with Crippen molar-refractivity contribution in [2.24, 2.45) is 0 Å². The Morgan fingerprint density at radius 3 is 2.79 bits per heavy atom. The van der Waals surface area contributed by atoms with E-state index in [9.17, 15) is 5.11 Å². The van der Waals surface area contributed by atoms with Gasteiger partial charge in [-0.1, -0.05) is 30.5 Å². The lowest BCUT2D eigenvalue weighted by atomic mass is 9.93. The van der Waals surface area contributed by atoms with Crippen molar-refractivity contribution in [3.05, 3.63) is 29.3 Å². The van der Waals surface area contributed by atoms with Crippen molar-refractivity contribution in [1.82, 2.24) is 5.32 Å². The molecule has 0 saturated heterocycles. The predicted molar refractivity (Wildman–Crippen MR) is 77.7 cm³/mol. The minimum atomic E-state index is -0.185.